The average Bonchev–Trinajstić information content (AvgIpc) is 2.47. The van der Waals surface area contributed by atoms with Crippen LogP contribution in [0.15, 0.2) is 24.3 Å². The molecular weight excluding hydrogens is 337 g/mol. The number of piperidine rings is 1. The minimum atomic E-state index is -0.829. The molecule has 0 aromatic heterocycles. The van der Waals surface area contributed by atoms with Gasteiger partial charge in [-0.05, 0) is 38.1 Å². The van der Waals surface area contributed by atoms with Gasteiger partial charge in [0.15, 0.2) is 0 Å². The predicted octanol–water partition coefficient (Wildman–Crippen LogP) is 1.67. The molecule has 0 radical (unpaired) electrons. The Labute approximate surface area is 147 Å². The van der Waals surface area contributed by atoms with E-state index in [0.29, 0.717) is 5.69 Å². The molecule has 1 aliphatic heterocycles. The lowest BCUT2D eigenvalue weighted by atomic mass is 10.0. The van der Waals surface area contributed by atoms with E-state index in [1.54, 1.807) is 12.1 Å². The first kappa shape index (κ1) is 20.3. The highest BCUT2D eigenvalue weighted by Crippen LogP contribution is 2.15. The Kier molecular flexibility index (Phi) is 8.10. The lowest BCUT2D eigenvalue weighted by Gasteiger charge is -2.35. The van der Waals surface area contributed by atoms with E-state index in [-0.39, 0.29) is 43.3 Å². The molecule has 0 saturated carbocycles. The molecule has 8 heteroatoms. The zero-order valence-corrected chi connectivity index (χ0v) is 14.4. The van der Waals surface area contributed by atoms with Crippen molar-refractivity contribution in [2.45, 2.75) is 18.9 Å². The van der Waals surface area contributed by atoms with E-state index in [1.165, 1.54) is 12.1 Å². The van der Waals surface area contributed by atoms with Crippen LogP contribution in [0.1, 0.15) is 12.8 Å². The van der Waals surface area contributed by atoms with Gasteiger partial charge in [0.1, 0.15) is 5.82 Å². The maximum absolute atomic E-state index is 13.1. The van der Waals surface area contributed by atoms with Crippen LogP contribution in [0.25, 0.3) is 0 Å². The number of aliphatic carboxylic acids is 1. The van der Waals surface area contributed by atoms with Crippen molar-refractivity contribution in [1.29, 1.82) is 0 Å². The van der Waals surface area contributed by atoms with E-state index in [9.17, 15) is 14.0 Å². The van der Waals surface area contributed by atoms with Crippen LogP contribution in [0.2, 0.25) is 0 Å². The molecular formula is C16H23ClFN3O3. The summed E-state index contributed by atoms with van der Waals surface area (Å²) in [6.07, 6.45) is 1.66. The van der Waals surface area contributed by atoms with Crippen LogP contribution >= 0.6 is 12.4 Å². The van der Waals surface area contributed by atoms with E-state index < -0.39 is 5.97 Å². The summed E-state index contributed by atoms with van der Waals surface area (Å²) >= 11 is 0. The Bertz CT molecular complexity index is 565. The van der Waals surface area contributed by atoms with Gasteiger partial charge >= 0.3 is 5.97 Å². The number of rotatable bonds is 6. The Morgan fingerprint density at radius 3 is 2.62 bits per heavy atom. The molecule has 0 unspecified atom stereocenters. The number of hydrogen-bond donors (Lipinski definition) is 2. The first-order valence-corrected chi connectivity index (χ1v) is 7.64. The van der Waals surface area contributed by atoms with Gasteiger partial charge in [0.2, 0.25) is 5.91 Å². The number of carbonyl (C=O) groups is 2. The zero-order valence-electron chi connectivity index (χ0n) is 13.6. The van der Waals surface area contributed by atoms with Gasteiger partial charge in [0.25, 0.3) is 0 Å². The maximum Gasteiger partial charge on any atom is 0.317 e. The van der Waals surface area contributed by atoms with Crippen molar-refractivity contribution in [2.75, 3.05) is 38.5 Å². The van der Waals surface area contributed by atoms with Crippen molar-refractivity contribution in [3.63, 3.8) is 0 Å². The zero-order chi connectivity index (χ0) is 16.8. The summed E-state index contributed by atoms with van der Waals surface area (Å²) in [5, 5.41) is 11.5. The topological polar surface area (TPSA) is 72.9 Å². The number of anilines is 1. The fourth-order valence-electron chi connectivity index (χ4n) is 2.83. The average molecular weight is 360 g/mol. The highest BCUT2D eigenvalue weighted by atomic mass is 35.5. The molecule has 0 bridgehead atoms. The molecule has 0 spiro atoms. The summed E-state index contributed by atoms with van der Waals surface area (Å²) < 4.78 is 13.1. The third kappa shape index (κ3) is 6.43. The quantitative estimate of drug-likeness (QED) is 0.808. The Morgan fingerprint density at radius 1 is 1.38 bits per heavy atom. The van der Waals surface area contributed by atoms with E-state index in [1.807, 2.05) is 16.8 Å². The molecule has 2 rings (SSSR count). The fraction of sp³-hybridized carbons (Fsp3) is 0.500. The number of likely N-dealkylation sites (N-methyl/N-ethyl adjacent to an activating group) is 1. The molecule has 134 valence electrons. The van der Waals surface area contributed by atoms with Gasteiger partial charge in [0.05, 0.1) is 13.1 Å². The van der Waals surface area contributed by atoms with Crippen LogP contribution in [0.3, 0.4) is 0 Å². The van der Waals surface area contributed by atoms with Gasteiger partial charge in [-0.3, -0.25) is 19.4 Å². The van der Waals surface area contributed by atoms with Crippen LogP contribution < -0.4 is 5.32 Å². The number of likely N-dealkylation sites (tertiary alicyclic amines) is 1. The summed E-state index contributed by atoms with van der Waals surface area (Å²) in [5.41, 5.74) is 0.450. The Morgan fingerprint density at radius 2 is 2.04 bits per heavy atom. The number of amides is 1. The van der Waals surface area contributed by atoms with E-state index in [0.717, 1.165) is 25.9 Å². The van der Waals surface area contributed by atoms with Crippen molar-refractivity contribution < 1.29 is 19.1 Å². The van der Waals surface area contributed by atoms with Crippen molar-refractivity contribution in [3.8, 4) is 0 Å². The molecule has 24 heavy (non-hydrogen) atoms. The molecule has 6 nitrogen and oxygen atoms in total. The first-order valence-electron chi connectivity index (χ1n) is 7.64. The van der Waals surface area contributed by atoms with Gasteiger partial charge < -0.3 is 10.4 Å². The molecule has 1 aromatic rings. The second kappa shape index (κ2) is 9.56. The number of nitrogens with zero attached hydrogens (tertiary/aromatic N) is 2. The fourth-order valence-corrected chi connectivity index (χ4v) is 2.83. The number of carboxylic acid groups (broad SMARTS) is 1. The Balaban J connectivity index is 0.00000288. The normalized spacial score (nSPS) is 15.8. The molecule has 1 heterocycles. The van der Waals surface area contributed by atoms with Gasteiger partial charge in [0, 0.05) is 24.8 Å². The van der Waals surface area contributed by atoms with Crippen LogP contribution in [-0.4, -0.2) is 66.1 Å². The number of halogens is 2. The molecule has 1 amide bonds. The summed E-state index contributed by atoms with van der Waals surface area (Å²) in [4.78, 5) is 26.6. The predicted molar refractivity (Wildman–Crippen MR) is 92.0 cm³/mol. The van der Waals surface area contributed by atoms with Gasteiger partial charge in [-0.2, -0.15) is 0 Å². The monoisotopic (exact) mass is 359 g/mol. The minimum Gasteiger partial charge on any atom is -0.480 e. The molecule has 1 saturated heterocycles. The summed E-state index contributed by atoms with van der Waals surface area (Å²) in [5.74, 6) is -1.39. The lowest BCUT2D eigenvalue weighted by Crippen LogP contribution is -2.46. The molecule has 0 aliphatic carbocycles. The summed E-state index contributed by atoms with van der Waals surface area (Å²) in [7, 11) is 1.81. The third-order valence-electron chi connectivity index (χ3n) is 4.04. The van der Waals surface area contributed by atoms with Crippen LogP contribution in [0.4, 0.5) is 10.1 Å². The second-order valence-corrected chi connectivity index (χ2v) is 5.87. The standard InChI is InChI=1S/C16H22FN3O3.ClH/c1-19(11-16(22)23)14-5-7-20(8-6-14)10-15(21)18-13-4-2-3-12(17)9-13;/h2-4,9,14H,5-8,10-11H2,1H3,(H,18,21)(H,22,23);1H. The van der Waals surface area contributed by atoms with Crippen molar-refractivity contribution >= 4 is 30.0 Å². The summed E-state index contributed by atoms with van der Waals surface area (Å²) in [6, 6.07) is 6.04. The van der Waals surface area contributed by atoms with Crippen molar-refractivity contribution in [1.82, 2.24) is 9.80 Å². The van der Waals surface area contributed by atoms with E-state index in [2.05, 4.69) is 5.32 Å². The lowest BCUT2D eigenvalue weighted by molar-refractivity contribution is -0.138. The maximum atomic E-state index is 13.1. The van der Waals surface area contributed by atoms with Gasteiger partial charge in [-0.15, -0.1) is 12.4 Å². The first-order chi connectivity index (χ1) is 10.9. The highest BCUT2D eigenvalue weighted by Gasteiger charge is 2.24. The largest absolute Gasteiger partial charge is 0.480 e. The Hall–Kier alpha value is -1.70. The van der Waals surface area contributed by atoms with Crippen molar-refractivity contribution in [3.05, 3.63) is 30.1 Å². The number of hydrogen-bond acceptors (Lipinski definition) is 4. The number of benzene rings is 1. The van der Waals surface area contributed by atoms with Crippen LogP contribution in [0, 0.1) is 5.82 Å². The molecule has 2 N–H and O–H groups in total. The minimum absolute atomic E-state index is 0. The number of carbonyl (C=O) groups excluding carboxylic acids is 1. The van der Waals surface area contributed by atoms with E-state index in [4.69, 9.17) is 5.11 Å². The van der Waals surface area contributed by atoms with Gasteiger partial charge in [-0.25, -0.2) is 4.39 Å². The number of carboxylic acids is 1. The smallest absolute Gasteiger partial charge is 0.317 e. The molecule has 0 atom stereocenters. The van der Waals surface area contributed by atoms with Gasteiger partial charge in [-0.1, -0.05) is 6.07 Å². The SMILES string of the molecule is CN(CC(=O)O)C1CCN(CC(=O)Nc2cccc(F)c2)CC1.Cl. The number of nitrogens with one attached hydrogen (secondary N) is 1. The van der Waals surface area contributed by atoms with Crippen molar-refractivity contribution in [2.24, 2.45) is 0 Å². The molecule has 1 aromatic carbocycles. The molecule has 1 aliphatic rings. The second-order valence-electron chi connectivity index (χ2n) is 5.87. The molecule has 1 fully saturated rings. The highest BCUT2D eigenvalue weighted by molar-refractivity contribution is 5.92. The van der Waals surface area contributed by atoms with Crippen LogP contribution in [-0.2, 0) is 9.59 Å². The van der Waals surface area contributed by atoms with Crippen LogP contribution in [0.5, 0.6) is 0 Å². The third-order valence-corrected chi connectivity index (χ3v) is 4.04. The van der Waals surface area contributed by atoms with E-state index >= 15 is 0 Å². The summed E-state index contributed by atoms with van der Waals surface area (Å²) in [6.45, 7) is 1.77.